The van der Waals surface area contributed by atoms with E-state index in [1.54, 1.807) is 0 Å². The molecule has 0 heterocycles. The highest BCUT2D eigenvalue weighted by atomic mass is 79.9. The van der Waals surface area contributed by atoms with Crippen molar-refractivity contribution >= 4 is 60.6 Å². The van der Waals surface area contributed by atoms with Gasteiger partial charge in [0.1, 0.15) is 0 Å². The van der Waals surface area contributed by atoms with Gasteiger partial charge in [0, 0.05) is 14.6 Å². The van der Waals surface area contributed by atoms with Crippen molar-refractivity contribution in [3.05, 3.63) is 57.5 Å². The lowest BCUT2D eigenvalue weighted by Crippen LogP contribution is -2.19. The second kappa shape index (κ2) is 6.31. The number of anilines is 2. The Balaban J connectivity index is 2.01. The van der Waals surface area contributed by atoms with Crippen LogP contribution in [-0.2, 0) is 0 Å². The standard InChI is InChI=1S/C13H10Br2N2S/c14-9-5-7-10(8-6-9)16-13(18)17-12-4-2-1-3-11(12)15/h1-8H,(H2,16,17,18). The van der Waals surface area contributed by atoms with E-state index in [0.29, 0.717) is 5.11 Å². The minimum absolute atomic E-state index is 0.559. The van der Waals surface area contributed by atoms with E-state index >= 15 is 0 Å². The Kier molecular flexibility index (Phi) is 4.74. The summed E-state index contributed by atoms with van der Waals surface area (Å²) in [5, 5.41) is 6.82. The molecular weight excluding hydrogens is 376 g/mol. The molecule has 0 aromatic heterocycles. The summed E-state index contributed by atoms with van der Waals surface area (Å²) in [5.41, 5.74) is 1.88. The fourth-order valence-corrected chi connectivity index (χ4v) is 2.26. The molecule has 0 fully saturated rings. The molecule has 0 saturated heterocycles. The molecule has 92 valence electrons. The first-order valence-electron chi connectivity index (χ1n) is 5.23. The molecule has 0 saturated carbocycles. The molecule has 2 aromatic carbocycles. The molecule has 0 aliphatic carbocycles. The third-order valence-electron chi connectivity index (χ3n) is 2.22. The zero-order valence-electron chi connectivity index (χ0n) is 9.28. The maximum atomic E-state index is 5.26. The van der Waals surface area contributed by atoms with Crippen LogP contribution in [0.2, 0.25) is 0 Å². The highest BCUT2D eigenvalue weighted by Crippen LogP contribution is 2.21. The Bertz CT molecular complexity index is 555. The first-order chi connectivity index (χ1) is 8.65. The quantitative estimate of drug-likeness (QED) is 0.709. The SMILES string of the molecule is S=C(Nc1ccc(Br)cc1)Nc1ccccc1Br. The van der Waals surface area contributed by atoms with Crippen LogP contribution in [0, 0.1) is 0 Å². The summed E-state index contributed by atoms with van der Waals surface area (Å²) in [7, 11) is 0. The summed E-state index contributed by atoms with van der Waals surface area (Å²) in [6.07, 6.45) is 0. The van der Waals surface area contributed by atoms with Gasteiger partial charge in [0.2, 0.25) is 0 Å². The van der Waals surface area contributed by atoms with E-state index in [0.717, 1.165) is 20.3 Å². The number of thiocarbonyl (C=S) groups is 1. The van der Waals surface area contributed by atoms with Crippen molar-refractivity contribution in [1.29, 1.82) is 0 Å². The predicted octanol–water partition coefficient (Wildman–Crippen LogP) is 5.02. The van der Waals surface area contributed by atoms with Crippen molar-refractivity contribution in [3.8, 4) is 0 Å². The van der Waals surface area contributed by atoms with Gasteiger partial charge in [-0.2, -0.15) is 0 Å². The second-order valence-electron chi connectivity index (χ2n) is 3.57. The van der Waals surface area contributed by atoms with Crippen molar-refractivity contribution < 1.29 is 0 Å². The number of halogens is 2. The smallest absolute Gasteiger partial charge is 0.175 e. The summed E-state index contributed by atoms with van der Waals surface area (Å²) in [6.45, 7) is 0. The molecule has 2 nitrogen and oxygen atoms in total. The van der Waals surface area contributed by atoms with Gasteiger partial charge < -0.3 is 10.6 Å². The first kappa shape index (κ1) is 13.5. The molecule has 2 aromatic rings. The maximum absolute atomic E-state index is 5.26. The summed E-state index contributed by atoms with van der Waals surface area (Å²) < 4.78 is 2.02. The third kappa shape index (κ3) is 3.80. The molecule has 0 spiro atoms. The van der Waals surface area contributed by atoms with Crippen LogP contribution in [0.4, 0.5) is 11.4 Å². The highest BCUT2D eigenvalue weighted by molar-refractivity contribution is 9.10. The minimum Gasteiger partial charge on any atom is -0.332 e. The van der Waals surface area contributed by atoms with Crippen LogP contribution in [0.3, 0.4) is 0 Å². The average molecular weight is 386 g/mol. The fraction of sp³-hybridized carbons (Fsp3) is 0. The lowest BCUT2D eigenvalue weighted by Gasteiger charge is -2.11. The monoisotopic (exact) mass is 384 g/mol. The predicted molar refractivity (Wildman–Crippen MR) is 88.1 cm³/mol. The Labute approximate surface area is 128 Å². The molecule has 0 atom stereocenters. The molecule has 5 heteroatoms. The molecule has 2 rings (SSSR count). The van der Waals surface area contributed by atoms with Crippen molar-refractivity contribution in [2.45, 2.75) is 0 Å². The Morgan fingerprint density at radius 2 is 1.56 bits per heavy atom. The van der Waals surface area contributed by atoms with Gasteiger partial charge in [-0.25, -0.2) is 0 Å². The highest BCUT2D eigenvalue weighted by Gasteiger charge is 2.01. The third-order valence-corrected chi connectivity index (χ3v) is 3.65. The van der Waals surface area contributed by atoms with Crippen LogP contribution in [-0.4, -0.2) is 5.11 Å². The number of para-hydroxylation sites is 1. The molecule has 0 radical (unpaired) electrons. The van der Waals surface area contributed by atoms with Gasteiger partial charge in [0.05, 0.1) is 5.69 Å². The first-order valence-corrected chi connectivity index (χ1v) is 7.23. The molecule has 0 aliphatic heterocycles. The molecule has 0 amide bonds. The van der Waals surface area contributed by atoms with E-state index in [2.05, 4.69) is 42.5 Å². The van der Waals surface area contributed by atoms with Crippen molar-refractivity contribution in [3.63, 3.8) is 0 Å². The van der Waals surface area contributed by atoms with E-state index in [-0.39, 0.29) is 0 Å². The zero-order chi connectivity index (χ0) is 13.0. The molecular formula is C13H10Br2N2S. The van der Waals surface area contributed by atoms with Gasteiger partial charge in [0.15, 0.2) is 5.11 Å². The number of hydrogen-bond donors (Lipinski definition) is 2. The number of benzene rings is 2. The van der Waals surface area contributed by atoms with Crippen molar-refractivity contribution in [2.24, 2.45) is 0 Å². The lowest BCUT2D eigenvalue weighted by atomic mass is 10.3. The zero-order valence-corrected chi connectivity index (χ0v) is 13.3. The lowest BCUT2D eigenvalue weighted by molar-refractivity contribution is 1.56. The molecule has 18 heavy (non-hydrogen) atoms. The molecule has 2 N–H and O–H groups in total. The van der Waals surface area contributed by atoms with E-state index in [1.807, 2.05) is 48.5 Å². The van der Waals surface area contributed by atoms with E-state index in [1.165, 1.54) is 0 Å². The number of nitrogens with one attached hydrogen (secondary N) is 2. The van der Waals surface area contributed by atoms with Crippen LogP contribution < -0.4 is 10.6 Å². The Morgan fingerprint density at radius 1 is 0.889 bits per heavy atom. The van der Waals surface area contributed by atoms with Gasteiger partial charge in [-0.05, 0) is 64.5 Å². The van der Waals surface area contributed by atoms with Crippen LogP contribution in [0.1, 0.15) is 0 Å². The molecule has 0 unspecified atom stereocenters. The Morgan fingerprint density at radius 3 is 2.22 bits per heavy atom. The Hall–Kier alpha value is -0.910. The summed E-state index contributed by atoms with van der Waals surface area (Å²) in [4.78, 5) is 0. The van der Waals surface area contributed by atoms with E-state index in [4.69, 9.17) is 12.2 Å². The van der Waals surface area contributed by atoms with Gasteiger partial charge >= 0.3 is 0 Å². The topological polar surface area (TPSA) is 24.1 Å². The maximum Gasteiger partial charge on any atom is 0.175 e. The molecule has 0 aliphatic rings. The summed E-state index contributed by atoms with van der Waals surface area (Å²) in [5.74, 6) is 0. The van der Waals surface area contributed by atoms with Gasteiger partial charge in [-0.3, -0.25) is 0 Å². The van der Waals surface area contributed by atoms with Crippen LogP contribution in [0.5, 0.6) is 0 Å². The number of hydrogen-bond acceptors (Lipinski definition) is 1. The average Bonchev–Trinajstić information content (AvgIpc) is 2.35. The van der Waals surface area contributed by atoms with E-state index in [9.17, 15) is 0 Å². The van der Waals surface area contributed by atoms with E-state index < -0.39 is 0 Å². The minimum atomic E-state index is 0.559. The number of rotatable bonds is 2. The summed E-state index contributed by atoms with van der Waals surface area (Å²) in [6, 6.07) is 15.7. The summed E-state index contributed by atoms with van der Waals surface area (Å²) >= 11 is 12.1. The van der Waals surface area contributed by atoms with Crippen LogP contribution >= 0.6 is 44.1 Å². The van der Waals surface area contributed by atoms with Crippen LogP contribution in [0.15, 0.2) is 57.5 Å². The van der Waals surface area contributed by atoms with Gasteiger partial charge in [-0.1, -0.05) is 28.1 Å². The largest absolute Gasteiger partial charge is 0.332 e. The fourth-order valence-electron chi connectivity index (χ4n) is 1.38. The van der Waals surface area contributed by atoms with Gasteiger partial charge in [-0.15, -0.1) is 0 Å². The van der Waals surface area contributed by atoms with Crippen molar-refractivity contribution in [2.75, 3.05) is 10.6 Å². The second-order valence-corrected chi connectivity index (χ2v) is 5.74. The van der Waals surface area contributed by atoms with Crippen molar-refractivity contribution in [1.82, 2.24) is 0 Å². The van der Waals surface area contributed by atoms with Crippen LogP contribution in [0.25, 0.3) is 0 Å². The normalized spacial score (nSPS) is 9.89. The van der Waals surface area contributed by atoms with Gasteiger partial charge in [0.25, 0.3) is 0 Å². The molecule has 0 bridgehead atoms.